The first-order valence-electron chi connectivity index (χ1n) is 7.03. The molecule has 0 saturated carbocycles. The molecule has 0 bridgehead atoms. The molecule has 0 atom stereocenters. The monoisotopic (exact) mass is 324 g/mol. The highest BCUT2D eigenvalue weighted by molar-refractivity contribution is 7.13. The number of nitrogens with zero attached hydrogens (tertiary/aromatic N) is 4. The molecule has 114 valence electrons. The van der Waals surface area contributed by atoms with Crippen molar-refractivity contribution in [1.29, 1.82) is 0 Å². The van der Waals surface area contributed by atoms with Crippen molar-refractivity contribution in [2.75, 3.05) is 0 Å². The highest BCUT2D eigenvalue weighted by Crippen LogP contribution is 2.22. The van der Waals surface area contributed by atoms with E-state index in [9.17, 15) is 4.79 Å². The Hall–Kier alpha value is -2.80. The fourth-order valence-electron chi connectivity index (χ4n) is 2.36. The summed E-state index contributed by atoms with van der Waals surface area (Å²) in [7, 11) is 0. The van der Waals surface area contributed by atoms with E-state index in [4.69, 9.17) is 4.52 Å². The molecule has 0 unspecified atom stereocenters. The van der Waals surface area contributed by atoms with Crippen molar-refractivity contribution < 1.29 is 4.52 Å². The Bertz CT molecular complexity index is 1030. The standard InChI is InChI=1S/C16H12N4O2S/c1-10-4-5-12-11(7-10)16(21)20(9-17-12)8-14-18-15(22-19-14)13-3-2-6-23-13/h2-7,9H,8H2,1H3. The minimum Gasteiger partial charge on any atom is -0.333 e. The van der Waals surface area contributed by atoms with Gasteiger partial charge in [-0.25, -0.2) is 4.98 Å². The second-order valence-electron chi connectivity index (χ2n) is 5.19. The van der Waals surface area contributed by atoms with Crippen LogP contribution >= 0.6 is 11.3 Å². The quantitative estimate of drug-likeness (QED) is 0.579. The maximum Gasteiger partial charge on any atom is 0.268 e. The zero-order chi connectivity index (χ0) is 15.8. The minimum atomic E-state index is -0.110. The molecule has 0 aliphatic carbocycles. The lowest BCUT2D eigenvalue weighted by Gasteiger charge is -2.04. The molecular formula is C16H12N4O2S. The summed E-state index contributed by atoms with van der Waals surface area (Å²) in [4.78, 5) is 22.1. The van der Waals surface area contributed by atoms with Crippen molar-refractivity contribution in [3.63, 3.8) is 0 Å². The third kappa shape index (κ3) is 2.55. The van der Waals surface area contributed by atoms with Gasteiger partial charge in [0, 0.05) is 0 Å². The number of aryl methyl sites for hydroxylation is 1. The highest BCUT2D eigenvalue weighted by atomic mass is 32.1. The maximum atomic E-state index is 12.6. The Kier molecular flexibility index (Phi) is 3.27. The lowest BCUT2D eigenvalue weighted by molar-refractivity contribution is 0.421. The van der Waals surface area contributed by atoms with E-state index in [0.29, 0.717) is 22.6 Å². The van der Waals surface area contributed by atoms with Crippen LogP contribution in [0.1, 0.15) is 11.4 Å². The van der Waals surface area contributed by atoms with E-state index in [1.807, 2.05) is 42.6 Å². The Morgan fingerprint density at radius 1 is 1.30 bits per heavy atom. The number of hydrogen-bond acceptors (Lipinski definition) is 6. The van der Waals surface area contributed by atoms with E-state index in [1.165, 1.54) is 22.2 Å². The predicted octanol–water partition coefficient (Wildman–Crippen LogP) is 2.86. The molecule has 4 rings (SSSR count). The Balaban J connectivity index is 1.70. The first kappa shape index (κ1) is 13.8. The lowest BCUT2D eigenvalue weighted by atomic mass is 10.2. The summed E-state index contributed by atoms with van der Waals surface area (Å²) in [5.74, 6) is 0.914. The smallest absolute Gasteiger partial charge is 0.268 e. The van der Waals surface area contributed by atoms with Gasteiger partial charge in [-0.2, -0.15) is 4.98 Å². The normalized spacial score (nSPS) is 11.2. The molecule has 4 aromatic rings. The van der Waals surface area contributed by atoms with Crippen molar-refractivity contribution in [3.05, 3.63) is 63.8 Å². The van der Waals surface area contributed by atoms with Crippen molar-refractivity contribution in [2.24, 2.45) is 0 Å². The van der Waals surface area contributed by atoms with Crippen LogP contribution in [0.5, 0.6) is 0 Å². The van der Waals surface area contributed by atoms with Crippen LogP contribution < -0.4 is 5.56 Å². The fourth-order valence-corrected chi connectivity index (χ4v) is 3.00. The molecule has 0 aliphatic rings. The number of aromatic nitrogens is 4. The summed E-state index contributed by atoms with van der Waals surface area (Å²) >= 11 is 1.53. The molecular weight excluding hydrogens is 312 g/mol. The van der Waals surface area contributed by atoms with E-state index < -0.39 is 0 Å². The molecule has 3 heterocycles. The molecule has 0 radical (unpaired) electrons. The average molecular weight is 324 g/mol. The van der Waals surface area contributed by atoms with Crippen LogP contribution in [0.3, 0.4) is 0 Å². The topological polar surface area (TPSA) is 73.8 Å². The van der Waals surface area contributed by atoms with Crippen LogP contribution in [0.4, 0.5) is 0 Å². The van der Waals surface area contributed by atoms with Crippen molar-refractivity contribution >= 4 is 22.2 Å². The van der Waals surface area contributed by atoms with Crippen molar-refractivity contribution in [3.8, 4) is 10.8 Å². The third-order valence-electron chi connectivity index (χ3n) is 3.49. The second-order valence-corrected chi connectivity index (χ2v) is 6.14. The molecule has 0 saturated heterocycles. The van der Waals surface area contributed by atoms with Crippen LogP contribution in [0.15, 0.2) is 51.4 Å². The molecule has 0 aliphatic heterocycles. The zero-order valence-corrected chi connectivity index (χ0v) is 13.1. The van der Waals surface area contributed by atoms with E-state index >= 15 is 0 Å². The molecule has 7 heteroatoms. The van der Waals surface area contributed by atoms with E-state index in [0.717, 1.165) is 10.4 Å². The summed E-state index contributed by atoms with van der Waals surface area (Å²) in [5, 5.41) is 6.48. The molecule has 0 spiro atoms. The number of hydrogen-bond donors (Lipinski definition) is 0. The van der Waals surface area contributed by atoms with Crippen LogP contribution in [0, 0.1) is 6.92 Å². The molecule has 3 aromatic heterocycles. The molecule has 0 amide bonds. The molecule has 0 N–H and O–H groups in total. The summed E-state index contributed by atoms with van der Waals surface area (Å²) in [6.07, 6.45) is 1.52. The Morgan fingerprint density at radius 2 is 2.22 bits per heavy atom. The Labute approximate surface area is 135 Å². The largest absolute Gasteiger partial charge is 0.333 e. The van der Waals surface area contributed by atoms with Gasteiger partial charge in [-0.05, 0) is 30.5 Å². The first-order chi connectivity index (χ1) is 11.2. The Morgan fingerprint density at radius 3 is 3.04 bits per heavy atom. The van der Waals surface area contributed by atoms with Gasteiger partial charge >= 0.3 is 0 Å². The van der Waals surface area contributed by atoms with Gasteiger partial charge in [-0.15, -0.1) is 11.3 Å². The van der Waals surface area contributed by atoms with Gasteiger partial charge in [-0.1, -0.05) is 22.9 Å². The van der Waals surface area contributed by atoms with Gasteiger partial charge in [0.25, 0.3) is 11.4 Å². The highest BCUT2D eigenvalue weighted by Gasteiger charge is 2.12. The number of fused-ring (bicyclic) bond motifs is 1. The van der Waals surface area contributed by atoms with Gasteiger partial charge in [0.05, 0.1) is 28.7 Å². The van der Waals surface area contributed by atoms with E-state index in [2.05, 4.69) is 15.1 Å². The second kappa shape index (κ2) is 5.44. The fraction of sp³-hybridized carbons (Fsp3) is 0.125. The molecule has 1 aromatic carbocycles. The summed E-state index contributed by atoms with van der Waals surface area (Å²) in [6, 6.07) is 9.46. The van der Waals surface area contributed by atoms with Gasteiger partial charge in [0.1, 0.15) is 0 Å². The van der Waals surface area contributed by atoms with Gasteiger partial charge in [-0.3, -0.25) is 9.36 Å². The number of thiophene rings is 1. The van der Waals surface area contributed by atoms with Gasteiger partial charge in [0.2, 0.25) is 0 Å². The maximum absolute atomic E-state index is 12.6. The summed E-state index contributed by atoms with van der Waals surface area (Å²) < 4.78 is 6.73. The van der Waals surface area contributed by atoms with Crippen molar-refractivity contribution in [1.82, 2.24) is 19.7 Å². The van der Waals surface area contributed by atoms with E-state index in [-0.39, 0.29) is 12.1 Å². The SMILES string of the molecule is Cc1ccc2ncn(Cc3noc(-c4cccs4)n3)c(=O)c2c1. The van der Waals surface area contributed by atoms with Gasteiger partial charge in [0.15, 0.2) is 5.82 Å². The lowest BCUT2D eigenvalue weighted by Crippen LogP contribution is -2.21. The van der Waals surface area contributed by atoms with Crippen LogP contribution in [0.2, 0.25) is 0 Å². The summed E-state index contributed by atoms with van der Waals surface area (Å²) in [6.45, 7) is 2.17. The zero-order valence-electron chi connectivity index (χ0n) is 12.3. The van der Waals surface area contributed by atoms with Crippen LogP contribution in [-0.2, 0) is 6.54 Å². The van der Waals surface area contributed by atoms with E-state index in [1.54, 1.807) is 0 Å². The number of rotatable bonds is 3. The average Bonchev–Trinajstić information content (AvgIpc) is 3.22. The van der Waals surface area contributed by atoms with Crippen LogP contribution in [0.25, 0.3) is 21.7 Å². The van der Waals surface area contributed by atoms with Crippen molar-refractivity contribution in [2.45, 2.75) is 13.5 Å². The minimum absolute atomic E-state index is 0.110. The first-order valence-corrected chi connectivity index (χ1v) is 7.91. The van der Waals surface area contributed by atoms with Gasteiger partial charge < -0.3 is 4.52 Å². The molecule has 0 fully saturated rings. The third-order valence-corrected chi connectivity index (χ3v) is 4.35. The molecule has 6 nitrogen and oxygen atoms in total. The summed E-state index contributed by atoms with van der Waals surface area (Å²) in [5.41, 5.74) is 1.60. The van der Waals surface area contributed by atoms with Crippen LogP contribution in [-0.4, -0.2) is 19.7 Å². The number of benzene rings is 1. The molecule has 23 heavy (non-hydrogen) atoms. The predicted molar refractivity (Wildman–Crippen MR) is 87.5 cm³/mol.